The Hall–Kier alpha value is -1.31. The second-order valence-electron chi connectivity index (χ2n) is 6.50. The van der Waals surface area contributed by atoms with E-state index < -0.39 is 0 Å². The molecule has 0 aromatic rings. The first-order valence-electron chi connectivity index (χ1n) is 8.66. The van der Waals surface area contributed by atoms with E-state index in [0.717, 1.165) is 44.9 Å². The van der Waals surface area contributed by atoms with Gasteiger partial charge in [-0.1, -0.05) is 34.9 Å². The minimum absolute atomic E-state index is 0.0205. The largest absolute Gasteiger partial charge is 0.466 e. The SMILES string of the molecule is CCOC(=O)C1CC=C(CC/C=C(\C)CCC=C(C)C)CC1. The van der Waals surface area contributed by atoms with E-state index >= 15 is 0 Å². The van der Waals surface area contributed by atoms with Crippen LogP contribution in [0, 0.1) is 5.92 Å². The quantitative estimate of drug-likeness (QED) is 0.421. The van der Waals surface area contributed by atoms with E-state index in [0.29, 0.717) is 6.61 Å². The van der Waals surface area contributed by atoms with Gasteiger partial charge in [0, 0.05) is 0 Å². The monoisotopic (exact) mass is 304 g/mol. The highest BCUT2D eigenvalue weighted by Gasteiger charge is 2.22. The average Bonchev–Trinajstić information content (AvgIpc) is 2.48. The molecule has 0 heterocycles. The number of hydrogen-bond acceptors (Lipinski definition) is 2. The van der Waals surface area contributed by atoms with Gasteiger partial charge in [0.15, 0.2) is 0 Å². The molecule has 0 radical (unpaired) electrons. The number of rotatable bonds is 8. The zero-order valence-electron chi connectivity index (χ0n) is 14.8. The van der Waals surface area contributed by atoms with Gasteiger partial charge in [0.05, 0.1) is 12.5 Å². The van der Waals surface area contributed by atoms with Gasteiger partial charge in [0.1, 0.15) is 0 Å². The van der Waals surface area contributed by atoms with Gasteiger partial charge in [-0.05, 0) is 72.6 Å². The van der Waals surface area contributed by atoms with Crippen molar-refractivity contribution in [1.82, 2.24) is 0 Å². The van der Waals surface area contributed by atoms with Crippen LogP contribution in [0.4, 0.5) is 0 Å². The van der Waals surface area contributed by atoms with Crippen molar-refractivity contribution in [3.63, 3.8) is 0 Å². The summed E-state index contributed by atoms with van der Waals surface area (Å²) in [6, 6.07) is 0. The highest BCUT2D eigenvalue weighted by Crippen LogP contribution is 2.27. The van der Waals surface area contributed by atoms with Crippen LogP contribution in [-0.2, 0) is 9.53 Å². The molecule has 2 heteroatoms. The van der Waals surface area contributed by atoms with Crippen LogP contribution in [0.1, 0.15) is 72.6 Å². The fourth-order valence-corrected chi connectivity index (χ4v) is 2.78. The fourth-order valence-electron chi connectivity index (χ4n) is 2.78. The molecule has 1 rings (SSSR count). The topological polar surface area (TPSA) is 26.3 Å². The first kappa shape index (κ1) is 18.7. The molecule has 0 fully saturated rings. The molecule has 1 aliphatic rings. The van der Waals surface area contributed by atoms with Crippen molar-refractivity contribution < 1.29 is 9.53 Å². The number of allylic oxidation sites excluding steroid dienone is 6. The predicted octanol–water partition coefficient (Wildman–Crippen LogP) is 5.75. The molecule has 1 atom stereocenters. The first-order chi connectivity index (χ1) is 10.5. The Labute approximate surface area is 136 Å². The highest BCUT2D eigenvalue weighted by atomic mass is 16.5. The summed E-state index contributed by atoms with van der Waals surface area (Å²) in [6.07, 6.45) is 14.4. The first-order valence-corrected chi connectivity index (χ1v) is 8.66. The van der Waals surface area contributed by atoms with Crippen LogP contribution in [0.25, 0.3) is 0 Å². The van der Waals surface area contributed by atoms with Crippen LogP contribution in [0.3, 0.4) is 0 Å². The molecular formula is C20H32O2. The Morgan fingerprint density at radius 1 is 1.27 bits per heavy atom. The zero-order chi connectivity index (χ0) is 16.4. The molecule has 0 spiro atoms. The van der Waals surface area contributed by atoms with Gasteiger partial charge in [0.25, 0.3) is 0 Å². The molecule has 0 amide bonds. The summed E-state index contributed by atoms with van der Waals surface area (Å²) < 4.78 is 5.10. The van der Waals surface area contributed by atoms with Crippen LogP contribution in [-0.4, -0.2) is 12.6 Å². The normalized spacial score (nSPS) is 18.6. The molecule has 2 nitrogen and oxygen atoms in total. The van der Waals surface area contributed by atoms with E-state index in [4.69, 9.17) is 4.74 Å². The molecule has 0 aromatic carbocycles. The number of carbonyl (C=O) groups excluding carboxylic acids is 1. The lowest BCUT2D eigenvalue weighted by Crippen LogP contribution is -2.19. The second kappa shape index (κ2) is 10.4. The summed E-state index contributed by atoms with van der Waals surface area (Å²) >= 11 is 0. The van der Waals surface area contributed by atoms with E-state index in [1.807, 2.05) is 6.92 Å². The molecule has 0 saturated heterocycles. The molecule has 1 unspecified atom stereocenters. The van der Waals surface area contributed by atoms with Gasteiger partial charge in [0.2, 0.25) is 0 Å². The maximum Gasteiger partial charge on any atom is 0.309 e. The Bertz CT molecular complexity index is 437. The van der Waals surface area contributed by atoms with Crippen molar-refractivity contribution in [1.29, 1.82) is 0 Å². The van der Waals surface area contributed by atoms with Gasteiger partial charge < -0.3 is 4.74 Å². The number of hydrogen-bond donors (Lipinski definition) is 0. The molecule has 0 bridgehead atoms. The number of carbonyl (C=O) groups is 1. The van der Waals surface area contributed by atoms with Gasteiger partial charge in [-0.2, -0.15) is 0 Å². The number of esters is 1. The summed E-state index contributed by atoms with van der Waals surface area (Å²) in [5, 5.41) is 0. The van der Waals surface area contributed by atoms with Gasteiger partial charge in [-0.3, -0.25) is 4.79 Å². The minimum atomic E-state index is -0.0205. The van der Waals surface area contributed by atoms with Crippen molar-refractivity contribution >= 4 is 5.97 Å². The van der Waals surface area contributed by atoms with E-state index in [-0.39, 0.29) is 11.9 Å². The lowest BCUT2D eigenvalue weighted by atomic mass is 9.87. The molecule has 0 aromatic heterocycles. The van der Waals surface area contributed by atoms with Crippen molar-refractivity contribution in [2.24, 2.45) is 5.92 Å². The molecule has 0 saturated carbocycles. The van der Waals surface area contributed by atoms with E-state index in [2.05, 4.69) is 39.0 Å². The van der Waals surface area contributed by atoms with Crippen LogP contribution < -0.4 is 0 Å². The lowest BCUT2D eigenvalue weighted by molar-refractivity contribution is -0.148. The third kappa shape index (κ3) is 7.63. The highest BCUT2D eigenvalue weighted by molar-refractivity contribution is 5.72. The third-order valence-electron chi connectivity index (χ3n) is 4.17. The van der Waals surface area contributed by atoms with Crippen LogP contribution in [0.15, 0.2) is 34.9 Å². The summed E-state index contributed by atoms with van der Waals surface area (Å²) in [6.45, 7) is 8.89. The third-order valence-corrected chi connectivity index (χ3v) is 4.17. The van der Waals surface area contributed by atoms with Crippen LogP contribution >= 0.6 is 0 Å². The van der Waals surface area contributed by atoms with E-state index in [1.54, 1.807) is 0 Å². The van der Waals surface area contributed by atoms with Crippen molar-refractivity contribution in [2.75, 3.05) is 6.61 Å². The Kier molecular flexibility index (Phi) is 8.88. The Morgan fingerprint density at radius 2 is 2.05 bits per heavy atom. The molecule has 124 valence electrons. The summed E-state index contributed by atoms with van der Waals surface area (Å²) in [7, 11) is 0. The zero-order valence-corrected chi connectivity index (χ0v) is 14.8. The molecule has 22 heavy (non-hydrogen) atoms. The molecule has 0 aliphatic heterocycles. The Balaban J connectivity index is 2.28. The second-order valence-corrected chi connectivity index (χ2v) is 6.50. The van der Waals surface area contributed by atoms with E-state index in [9.17, 15) is 4.79 Å². The maximum absolute atomic E-state index is 11.7. The summed E-state index contributed by atoms with van der Waals surface area (Å²) in [5.41, 5.74) is 4.39. The van der Waals surface area contributed by atoms with Crippen molar-refractivity contribution in [3.05, 3.63) is 34.9 Å². The van der Waals surface area contributed by atoms with Crippen LogP contribution in [0.5, 0.6) is 0 Å². The molecule has 0 N–H and O–H groups in total. The van der Waals surface area contributed by atoms with Crippen LogP contribution in [0.2, 0.25) is 0 Å². The van der Waals surface area contributed by atoms with Gasteiger partial charge in [-0.15, -0.1) is 0 Å². The molecule has 1 aliphatic carbocycles. The fraction of sp³-hybridized carbons (Fsp3) is 0.650. The minimum Gasteiger partial charge on any atom is -0.466 e. The van der Waals surface area contributed by atoms with E-state index in [1.165, 1.54) is 16.7 Å². The smallest absolute Gasteiger partial charge is 0.309 e. The van der Waals surface area contributed by atoms with Crippen molar-refractivity contribution in [2.45, 2.75) is 72.6 Å². The van der Waals surface area contributed by atoms with Gasteiger partial charge in [-0.25, -0.2) is 0 Å². The standard InChI is InChI=1S/C20H32O2/c1-5-22-20(21)19-14-12-18(13-15-19)11-7-10-17(4)9-6-8-16(2)3/h8,10,12,19H,5-7,9,11,13-15H2,1-4H3/b17-10+. The number of ether oxygens (including phenoxy) is 1. The molecular weight excluding hydrogens is 272 g/mol. The predicted molar refractivity (Wildman–Crippen MR) is 93.7 cm³/mol. The maximum atomic E-state index is 11.7. The summed E-state index contributed by atoms with van der Waals surface area (Å²) in [4.78, 5) is 11.7. The average molecular weight is 304 g/mol. The summed E-state index contributed by atoms with van der Waals surface area (Å²) in [5.74, 6) is 0.0675. The van der Waals surface area contributed by atoms with Crippen molar-refractivity contribution in [3.8, 4) is 0 Å². The van der Waals surface area contributed by atoms with Gasteiger partial charge >= 0.3 is 5.97 Å². The lowest BCUT2D eigenvalue weighted by Gasteiger charge is -2.20. The Morgan fingerprint density at radius 3 is 2.64 bits per heavy atom.